The van der Waals surface area contributed by atoms with E-state index in [9.17, 15) is 18.4 Å². The molecule has 0 saturated carbocycles. The molecule has 0 aliphatic heterocycles. The van der Waals surface area contributed by atoms with Gasteiger partial charge in [0, 0.05) is 13.8 Å². The van der Waals surface area contributed by atoms with E-state index < -0.39 is 11.6 Å². The molecule has 0 fully saturated rings. The number of carbonyl (C=O) groups excluding carboxylic acids is 2. The number of Topliss-reactive ketones (excluding diaryl/α,β-unsaturated/α-hetero) is 2. The maximum absolute atomic E-state index is 13.3. The molecule has 0 bridgehead atoms. The number of ketones is 2. The molecular weight excluding hydrogens is 515 g/mol. The van der Waals surface area contributed by atoms with E-state index >= 15 is 0 Å². The van der Waals surface area contributed by atoms with Gasteiger partial charge in [-0.15, -0.1) is 0 Å². The number of nitrogens with zero attached hydrogens (tertiary/aromatic N) is 1. The first-order valence-corrected chi connectivity index (χ1v) is 10.1. The summed E-state index contributed by atoms with van der Waals surface area (Å²) in [6.07, 6.45) is 2.27. The van der Waals surface area contributed by atoms with Gasteiger partial charge in [0.15, 0.2) is 11.6 Å². The average Bonchev–Trinajstić information content (AvgIpc) is 2.74. The Labute approximate surface area is 209 Å². The molecule has 33 heavy (non-hydrogen) atoms. The van der Waals surface area contributed by atoms with Crippen LogP contribution in [0.5, 0.6) is 0 Å². The van der Waals surface area contributed by atoms with Gasteiger partial charge in [0.25, 0.3) is 0 Å². The maximum Gasteiger partial charge on any atom is -1.00 e. The zero-order valence-electron chi connectivity index (χ0n) is 17.5. The van der Waals surface area contributed by atoms with Gasteiger partial charge in [-0.25, -0.2) is 4.98 Å². The Kier molecular flexibility index (Phi) is 13.2. The standard InChI is InChI=1S/C9H9NO2.2C7H5FN.2ClH.Fe/c1-6(11)8-4-3-5-9(10-8)7(2)12;2*8-7-3-1-6(5-9)2-4-7;;;/h3-5H,1-2H3;2*1,3-5,9H;2*1H;/q;;;;;+2/p-2. The van der Waals surface area contributed by atoms with Crippen LogP contribution in [0.1, 0.15) is 46.0 Å². The molecule has 0 unspecified atom stereocenters. The van der Waals surface area contributed by atoms with Crippen LogP contribution in [0.15, 0.2) is 54.6 Å². The quantitative estimate of drug-likeness (QED) is 0.208. The van der Waals surface area contributed by atoms with Crippen molar-refractivity contribution in [2.75, 3.05) is 0 Å². The van der Waals surface area contributed by atoms with Crippen molar-refractivity contribution in [3.63, 3.8) is 0 Å². The third-order valence-corrected chi connectivity index (χ3v) is 5.43. The molecule has 2 N–H and O–H groups in total. The molecule has 0 spiro atoms. The molecule has 0 atom stereocenters. The number of nitrogens with one attached hydrogen (secondary N) is 2. The number of carbonyl (C=O) groups is 2. The van der Waals surface area contributed by atoms with Crippen LogP contribution in [-0.4, -0.2) is 29.0 Å². The van der Waals surface area contributed by atoms with Crippen LogP contribution in [0.2, 0.25) is 0 Å². The first kappa shape index (κ1) is 30.2. The number of halogens is 4. The number of hydrogen-bond acceptors (Lipinski definition) is 5. The van der Waals surface area contributed by atoms with Crippen molar-refractivity contribution in [2.24, 2.45) is 0 Å². The van der Waals surface area contributed by atoms with Gasteiger partial charge in [-0.1, -0.05) is 6.07 Å². The van der Waals surface area contributed by atoms with Crippen LogP contribution in [0.25, 0.3) is 0 Å². The minimum atomic E-state index is -0.395. The van der Waals surface area contributed by atoms with E-state index in [0.29, 0.717) is 31.4 Å². The number of pyridine rings is 1. The summed E-state index contributed by atoms with van der Waals surface area (Å²) < 4.78 is 27.7. The summed E-state index contributed by atoms with van der Waals surface area (Å²) in [5.74, 6) is -1.04. The summed E-state index contributed by atoms with van der Waals surface area (Å²) in [5.41, 5.74) is 1.84. The first-order valence-electron chi connectivity index (χ1n) is 8.96. The van der Waals surface area contributed by atoms with E-state index in [1.165, 1.54) is 50.2 Å². The normalized spacial score (nSPS) is 9.33. The molecule has 0 aliphatic rings. The fraction of sp³-hybridized carbons (Fsp3) is 0.0870. The topological polar surface area (TPSA) is 94.7 Å². The van der Waals surface area contributed by atoms with Crippen LogP contribution >= 0.6 is 0 Å². The fourth-order valence-corrected chi connectivity index (χ4v) is 3.75. The second kappa shape index (κ2) is 14.4. The third kappa shape index (κ3) is 8.94. The Bertz CT molecular complexity index is 1080. The minimum Gasteiger partial charge on any atom is -1.00 e. The third-order valence-electron chi connectivity index (χ3n) is 3.88. The van der Waals surface area contributed by atoms with Crippen molar-refractivity contribution in [1.82, 2.24) is 4.98 Å². The molecule has 10 heteroatoms. The average molecular weight is 534 g/mol. The zero-order valence-corrected chi connectivity index (χ0v) is 20.1. The Morgan fingerprint density at radius 1 is 0.788 bits per heavy atom. The van der Waals surface area contributed by atoms with Crippen molar-refractivity contribution >= 4 is 32.9 Å². The van der Waals surface area contributed by atoms with Crippen molar-refractivity contribution < 1.29 is 58.1 Å². The van der Waals surface area contributed by atoms with Crippen molar-refractivity contribution in [3.8, 4) is 0 Å². The predicted octanol–water partition coefficient (Wildman–Crippen LogP) is -2.51. The smallest absolute Gasteiger partial charge is 1.00 e. The zero-order chi connectivity index (χ0) is 23.0. The second-order valence-electron chi connectivity index (χ2n) is 6.20. The number of rotatable bonds is 6. The van der Waals surface area contributed by atoms with Crippen LogP contribution in [0.3, 0.4) is 0 Å². The van der Waals surface area contributed by atoms with Crippen LogP contribution in [-0.2, 0) is 15.0 Å². The van der Waals surface area contributed by atoms with Gasteiger partial charge in [-0.3, -0.25) is 9.59 Å². The molecule has 0 saturated heterocycles. The van der Waals surface area contributed by atoms with Crippen LogP contribution < -0.4 is 33.7 Å². The largest absolute Gasteiger partial charge is 1.00 e. The Morgan fingerprint density at radius 2 is 1.18 bits per heavy atom. The van der Waals surface area contributed by atoms with E-state index in [0.717, 1.165) is 12.4 Å². The number of aromatic nitrogens is 1. The Balaban J connectivity index is 0.000000640. The van der Waals surface area contributed by atoms with E-state index in [4.69, 9.17) is 10.8 Å². The van der Waals surface area contributed by atoms with Gasteiger partial charge >= 0.3 is 115 Å². The van der Waals surface area contributed by atoms with Crippen molar-refractivity contribution in [1.29, 1.82) is 10.8 Å². The molecule has 174 valence electrons. The summed E-state index contributed by atoms with van der Waals surface area (Å²) in [5, 5.41) is 14.6. The van der Waals surface area contributed by atoms with Gasteiger partial charge in [-0.2, -0.15) is 0 Å². The summed E-state index contributed by atoms with van der Waals surface area (Å²) in [7, 11) is 0. The summed E-state index contributed by atoms with van der Waals surface area (Å²) in [4.78, 5) is 25.6. The van der Waals surface area contributed by atoms with Gasteiger partial charge in [-0.05, 0) is 12.1 Å². The SMILES string of the molecule is CC(=O)c1cccc(C(C)=O)n1.N=Cc1ccc(F)c[c]1[Fe+2][c]1cc(F)ccc1C=N.[Cl-].[Cl-]. The van der Waals surface area contributed by atoms with E-state index in [1.54, 1.807) is 18.2 Å². The van der Waals surface area contributed by atoms with E-state index in [1.807, 2.05) is 0 Å². The molecule has 3 aromatic rings. The van der Waals surface area contributed by atoms with E-state index in [-0.39, 0.29) is 51.3 Å². The maximum atomic E-state index is 13.3. The molecule has 1 aromatic heterocycles. The molecule has 3 rings (SSSR count). The van der Waals surface area contributed by atoms with Gasteiger partial charge in [0.2, 0.25) is 0 Å². The molecular formula is C23H19Cl2F2FeN3O2. The summed E-state index contributed by atoms with van der Waals surface area (Å²) in [6, 6.07) is 13.1. The molecule has 0 amide bonds. The van der Waals surface area contributed by atoms with Gasteiger partial charge in [0.1, 0.15) is 11.4 Å². The predicted molar refractivity (Wildman–Crippen MR) is 112 cm³/mol. The van der Waals surface area contributed by atoms with Crippen molar-refractivity contribution in [2.45, 2.75) is 13.8 Å². The summed E-state index contributed by atoms with van der Waals surface area (Å²) in [6.45, 7) is 2.85. The minimum absolute atomic E-state index is 0. The second-order valence-corrected chi connectivity index (χ2v) is 7.67. The number of benzene rings is 2. The summed E-state index contributed by atoms with van der Waals surface area (Å²) >= 11 is 0.283. The van der Waals surface area contributed by atoms with Crippen molar-refractivity contribution in [3.05, 3.63) is 88.7 Å². The molecule has 0 radical (unpaired) electrons. The van der Waals surface area contributed by atoms with E-state index in [2.05, 4.69) is 4.98 Å². The van der Waals surface area contributed by atoms with Gasteiger partial charge in [0.05, 0.1) is 0 Å². The molecule has 1 heterocycles. The Hall–Kier alpha value is -2.77. The van der Waals surface area contributed by atoms with Gasteiger partial charge < -0.3 is 24.8 Å². The monoisotopic (exact) mass is 533 g/mol. The fourth-order valence-electron chi connectivity index (χ4n) is 2.31. The molecule has 0 aliphatic carbocycles. The van der Waals surface area contributed by atoms with Crippen LogP contribution in [0, 0.1) is 22.5 Å². The molecule has 5 nitrogen and oxygen atoms in total. The van der Waals surface area contributed by atoms with Crippen LogP contribution in [0.4, 0.5) is 8.78 Å². The number of hydrogen-bond donors (Lipinski definition) is 2. The molecule has 2 aromatic carbocycles. The Morgan fingerprint density at radius 3 is 1.52 bits per heavy atom. The first-order chi connectivity index (χ1) is 14.7.